The lowest BCUT2D eigenvalue weighted by Gasteiger charge is -2.02. The molecule has 0 unspecified atom stereocenters. The first-order chi connectivity index (χ1) is 9.08. The molecule has 0 spiro atoms. The molecule has 2 aromatic rings. The molecule has 0 radical (unpaired) electrons. The summed E-state index contributed by atoms with van der Waals surface area (Å²) in [5, 5.41) is 0.943. The number of nitrogens with two attached hydrogens (primary N) is 1. The molecular weight excluding hydrogens is 262 g/mol. The number of nitrogen functional groups attached to an aromatic ring is 1. The van der Waals surface area contributed by atoms with Gasteiger partial charge in [0.05, 0.1) is 16.3 Å². The second kappa shape index (κ2) is 5.90. The Hall–Kier alpha value is -1.79. The fraction of sp³-hybridized carbons (Fsp3) is 0.231. The first kappa shape index (κ1) is 13.6. The summed E-state index contributed by atoms with van der Waals surface area (Å²) in [5.41, 5.74) is 4.66. The zero-order valence-corrected chi connectivity index (χ0v) is 11.6. The number of aryl methyl sites for hydroxylation is 2. The Balaban J connectivity index is 2.02. The van der Waals surface area contributed by atoms with Crippen molar-refractivity contribution < 1.29 is 9.21 Å². The van der Waals surface area contributed by atoms with Crippen LogP contribution in [0.25, 0.3) is 0 Å². The van der Waals surface area contributed by atoms with Crippen molar-refractivity contribution in [3.05, 3.63) is 47.0 Å². The van der Waals surface area contributed by atoms with Crippen LogP contribution in [-0.4, -0.2) is 10.9 Å². The second-order valence-corrected chi connectivity index (χ2v) is 5.18. The topological polar surface area (TPSA) is 81.2 Å². The van der Waals surface area contributed by atoms with Crippen LogP contribution in [0.4, 0.5) is 0 Å². The van der Waals surface area contributed by atoms with E-state index in [-0.39, 0.29) is 5.91 Å². The fourth-order valence-corrected chi connectivity index (χ4v) is 2.60. The molecule has 0 saturated heterocycles. The molecule has 0 saturated carbocycles. The third-order valence-electron chi connectivity index (χ3n) is 2.48. The molecule has 6 heteroatoms. The van der Waals surface area contributed by atoms with E-state index >= 15 is 0 Å². The molecule has 0 aromatic carbocycles. The maximum atomic E-state index is 11.3. The van der Waals surface area contributed by atoms with Crippen molar-refractivity contribution >= 4 is 17.7 Å². The van der Waals surface area contributed by atoms with E-state index in [0.717, 1.165) is 10.7 Å². The van der Waals surface area contributed by atoms with Gasteiger partial charge in [-0.3, -0.25) is 10.2 Å². The summed E-state index contributed by atoms with van der Waals surface area (Å²) in [7, 11) is 0. The van der Waals surface area contributed by atoms with Crippen LogP contribution in [0.1, 0.15) is 27.4 Å². The molecule has 1 amide bonds. The number of nitrogens with zero attached hydrogens (tertiary/aromatic N) is 1. The van der Waals surface area contributed by atoms with E-state index in [4.69, 9.17) is 10.3 Å². The molecule has 0 aliphatic heterocycles. The molecule has 2 heterocycles. The predicted octanol–water partition coefficient (Wildman–Crippen LogP) is 2.19. The molecular formula is C13H15N3O2S. The second-order valence-electron chi connectivity index (χ2n) is 4.19. The van der Waals surface area contributed by atoms with Gasteiger partial charge < -0.3 is 4.42 Å². The van der Waals surface area contributed by atoms with E-state index in [9.17, 15) is 4.79 Å². The number of nitrogens with one attached hydrogen (secondary N) is 1. The average Bonchev–Trinajstić information content (AvgIpc) is 2.83. The highest BCUT2D eigenvalue weighted by atomic mass is 32.2. The van der Waals surface area contributed by atoms with E-state index < -0.39 is 0 Å². The Bertz CT molecular complexity index is 575. The van der Waals surface area contributed by atoms with Crippen LogP contribution in [-0.2, 0) is 5.75 Å². The molecule has 19 heavy (non-hydrogen) atoms. The van der Waals surface area contributed by atoms with Crippen molar-refractivity contribution in [3.63, 3.8) is 0 Å². The zero-order valence-electron chi connectivity index (χ0n) is 10.8. The number of hydrogen-bond donors (Lipinski definition) is 2. The van der Waals surface area contributed by atoms with Crippen LogP contribution in [0.3, 0.4) is 0 Å². The molecule has 0 fully saturated rings. The number of carbonyl (C=O) groups is 1. The van der Waals surface area contributed by atoms with E-state index in [2.05, 4.69) is 10.4 Å². The van der Waals surface area contributed by atoms with Gasteiger partial charge in [0.15, 0.2) is 0 Å². The quantitative estimate of drug-likeness (QED) is 0.387. The molecule has 100 valence electrons. The number of hydrogen-bond acceptors (Lipinski definition) is 5. The highest BCUT2D eigenvalue weighted by Crippen LogP contribution is 2.23. The monoisotopic (exact) mass is 277 g/mol. The number of carbonyl (C=O) groups excluding carboxylic acids is 1. The molecule has 0 aliphatic carbocycles. The van der Waals surface area contributed by atoms with Crippen LogP contribution in [0.5, 0.6) is 0 Å². The zero-order chi connectivity index (χ0) is 13.8. The predicted molar refractivity (Wildman–Crippen MR) is 73.6 cm³/mol. The van der Waals surface area contributed by atoms with Crippen molar-refractivity contribution in [2.75, 3.05) is 0 Å². The van der Waals surface area contributed by atoms with Crippen LogP contribution in [0.15, 0.2) is 33.9 Å². The first-order valence-corrected chi connectivity index (χ1v) is 6.73. The molecule has 2 aromatic heterocycles. The summed E-state index contributed by atoms with van der Waals surface area (Å²) in [5.74, 6) is 6.03. The first-order valence-electron chi connectivity index (χ1n) is 5.75. The minimum atomic E-state index is -0.357. The molecule has 0 atom stereocenters. The summed E-state index contributed by atoms with van der Waals surface area (Å²) >= 11 is 1.57. The number of rotatable bonds is 4. The van der Waals surface area contributed by atoms with E-state index in [1.807, 2.05) is 26.0 Å². The smallest absolute Gasteiger partial charge is 0.268 e. The molecule has 0 aliphatic rings. The van der Waals surface area contributed by atoms with Crippen molar-refractivity contribution in [1.82, 2.24) is 10.4 Å². The summed E-state index contributed by atoms with van der Waals surface area (Å²) in [6.45, 7) is 4.00. The Labute approximate surface area is 115 Å². The fourth-order valence-electron chi connectivity index (χ4n) is 1.68. The molecule has 0 bridgehead atoms. The van der Waals surface area contributed by atoms with Gasteiger partial charge in [0, 0.05) is 5.69 Å². The normalized spacial score (nSPS) is 10.5. The van der Waals surface area contributed by atoms with E-state index in [0.29, 0.717) is 17.1 Å². The average molecular weight is 277 g/mol. The Morgan fingerprint density at radius 1 is 1.42 bits per heavy atom. The minimum Gasteiger partial charge on any atom is -0.468 e. The number of pyridine rings is 1. The van der Waals surface area contributed by atoms with Gasteiger partial charge in [-0.15, -0.1) is 0 Å². The molecule has 2 rings (SSSR count). The third kappa shape index (κ3) is 3.59. The number of aromatic nitrogens is 1. The number of hydrazine groups is 1. The Kier molecular flexibility index (Phi) is 4.24. The highest BCUT2D eigenvalue weighted by molar-refractivity contribution is 7.98. The lowest BCUT2D eigenvalue weighted by atomic mass is 10.3. The van der Waals surface area contributed by atoms with Crippen LogP contribution in [0.2, 0.25) is 0 Å². The van der Waals surface area contributed by atoms with Crippen LogP contribution >= 0.6 is 11.8 Å². The summed E-state index contributed by atoms with van der Waals surface area (Å²) in [6, 6.07) is 5.73. The van der Waals surface area contributed by atoms with E-state index in [1.54, 1.807) is 17.8 Å². The number of amides is 1. The highest BCUT2D eigenvalue weighted by Gasteiger charge is 2.09. The summed E-state index contributed by atoms with van der Waals surface area (Å²) in [6.07, 6.45) is 1.40. The minimum absolute atomic E-state index is 0.357. The van der Waals surface area contributed by atoms with Crippen LogP contribution < -0.4 is 11.3 Å². The van der Waals surface area contributed by atoms with Crippen molar-refractivity contribution in [2.45, 2.75) is 24.6 Å². The number of furan rings is 1. The number of thioether (sulfide) groups is 1. The lowest BCUT2D eigenvalue weighted by molar-refractivity contribution is 0.0953. The third-order valence-corrected chi connectivity index (χ3v) is 3.42. The maximum absolute atomic E-state index is 11.3. The molecule has 3 N–H and O–H groups in total. The lowest BCUT2D eigenvalue weighted by Crippen LogP contribution is -2.29. The Morgan fingerprint density at radius 2 is 2.21 bits per heavy atom. The SMILES string of the molecule is Cc1cc(C)nc(SCc2cc(C(=O)NN)co2)c1. The molecule has 5 nitrogen and oxygen atoms in total. The van der Waals surface area contributed by atoms with Gasteiger partial charge in [-0.2, -0.15) is 0 Å². The van der Waals surface area contributed by atoms with E-state index in [1.165, 1.54) is 11.8 Å². The standard InChI is InChI=1S/C13H15N3O2S/c1-8-3-9(2)15-12(4-8)19-7-11-5-10(6-18-11)13(17)16-14/h3-6H,7,14H2,1-2H3,(H,16,17). The summed E-state index contributed by atoms with van der Waals surface area (Å²) in [4.78, 5) is 15.7. The largest absolute Gasteiger partial charge is 0.468 e. The van der Waals surface area contributed by atoms with Gasteiger partial charge in [-0.25, -0.2) is 10.8 Å². The van der Waals surface area contributed by atoms with Gasteiger partial charge in [-0.1, -0.05) is 11.8 Å². The van der Waals surface area contributed by atoms with Gasteiger partial charge >= 0.3 is 0 Å². The van der Waals surface area contributed by atoms with Gasteiger partial charge in [0.1, 0.15) is 12.0 Å². The van der Waals surface area contributed by atoms with Crippen molar-refractivity contribution in [2.24, 2.45) is 5.84 Å². The maximum Gasteiger partial charge on any atom is 0.268 e. The summed E-state index contributed by atoms with van der Waals surface area (Å²) < 4.78 is 5.30. The van der Waals surface area contributed by atoms with Gasteiger partial charge in [-0.05, 0) is 37.6 Å². The van der Waals surface area contributed by atoms with Crippen molar-refractivity contribution in [1.29, 1.82) is 0 Å². The van der Waals surface area contributed by atoms with Gasteiger partial charge in [0.2, 0.25) is 0 Å². The van der Waals surface area contributed by atoms with Gasteiger partial charge in [0.25, 0.3) is 5.91 Å². The Morgan fingerprint density at radius 3 is 2.89 bits per heavy atom. The van der Waals surface area contributed by atoms with Crippen LogP contribution in [0, 0.1) is 13.8 Å². The van der Waals surface area contributed by atoms with Crippen molar-refractivity contribution in [3.8, 4) is 0 Å².